The maximum atomic E-state index is 13.2. The zero-order valence-corrected chi connectivity index (χ0v) is 15.8. The van der Waals surface area contributed by atoms with Gasteiger partial charge < -0.3 is 14.9 Å². The van der Waals surface area contributed by atoms with Crippen LogP contribution in [0.4, 0.5) is 5.69 Å². The molecule has 0 saturated carbocycles. The van der Waals surface area contributed by atoms with Crippen molar-refractivity contribution in [1.29, 1.82) is 0 Å². The van der Waals surface area contributed by atoms with E-state index in [9.17, 15) is 24.3 Å². The molecule has 28 heavy (non-hydrogen) atoms. The summed E-state index contributed by atoms with van der Waals surface area (Å²) in [7, 11) is 0. The van der Waals surface area contributed by atoms with E-state index in [4.69, 9.17) is 0 Å². The molecule has 1 aromatic rings. The first-order valence-corrected chi connectivity index (χ1v) is 9.57. The fourth-order valence-corrected chi connectivity index (χ4v) is 4.58. The standard InChI is InChI=1S/C20H23N3O5/c1-20-9-8-16(24)23(20)15-7-3-2-6-14(15)18(26)22(20)12-17(25)21-10-4-5-13(11-21)19(27)28/h2-3,6-7,13H,4-5,8-12H2,1H3,(H,27,28)/t13-,20?/m0/s1. The number of hydrogen-bond acceptors (Lipinski definition) is 4. The highest BCUT2D eigenvalue weighted by molar-refractivity contribution is 6.11. The van der Waals surface area contributed by atoms with Crippen molar-refractivity contribution in [2.24, 2.45) is 5.92 Å². The third-order valence-electron chi connectivity index (χ3n) is 6.16. The molecule has 1 aromatic carbocycles. The minimum Gasteiger partial charge on any atom is -0.481 e. The van der Waals surface area contributed by atoms with Gasteiger partial charge in [0, 0.05) is 19.5 Å². The summed E-state index contributed by atoms with van der Waals surface area (Å²) in [6.45, 7) is 2.29. The van der Waals surface area contributed by atoms with Crippen molar-refractivity contribution >= 4 is 29.4 Å². The summed E-state index contributed by atoms with van der Waals surface area (Å²) < 4.78 is 0. The van der Waals surface area contributed by atoms with Crippen LogP contribution in [0.1, 0.15) is 43.0 Å². The third kappa shape index (κ3) is 2.75. The first-order valence-electron chi connectivity index (χ1n) is 9.57. The number of nitrogens with zero attached hydrogens (tertiary/aromatic N) is 3. The van der Waals surface area contributed by atoms with Gasteiger partial charge in [-0.1, -0.05) is 12.1 Å². The molecule has 3 aliphatic heterocycles. The van der Waals surface area contributed by atoms with Crippen LogP contribution in [0.15, 0.2) is 24.3 Å². The molecule has 0 aliphatic carbocycles. The van der Waals surface area contributed by atoms with Gasteiger partial charge >= 0.3 is 5.97 Å². The van der Waals surface area contributed by atoms with E-state index in [1.165, 1.54) is 9.80 Å². The number of amides is 3. The summed E-state index contributed by atoms with van der Waals surface area (Å²) in [5.41, 5.74) is 0.107. The van der Waals surface area contributed by atoms with Gasteiger partial charge in [0.2, 0.25) is 11.8 Å². The quantitative estimate of drug-likeness (QED) is 0.846. The summed E-state index contributed by atoms with van der Waals surface area (Å²) in [4.78, 5) is 54.6. The van der Waals surface area contributed by atoms with E-state index in [1.54, 1.807) is 29.2 Å². The Bertz CT molecular complexity index is 869. The number of hydrogen-bond donors (Lipinski definition) is 1. The number of carboxylic acids is 1. The van der Waals surface area contributed by atoms with Gasteiger partial charge in [0.15, 0.2) is 0 Å². The highest BCUT2D eigenvalue weighted by Gasteiger charge is 2.53. The average Bonchev–Trinajstić information content (AvgIpc) is 3.00. The van der Waals surface area contributed by atoms with Gasteiger partial charge in [-0.2, -0.15) is 0 Å². The Morgan fingerprint density at radius 2 is 2.00 bits per heavy atom. The van der Waals surface area contributed by atoms with Crippen LogP contribution in [0.3, 0.4) is 0 Å². The largest absolute Gasteiger partial charge is 0.481 e. The zero-order valence-electron chi connectivity index (χ0n) is 15.8. The van der Waals surface area contributed by atoms with Crippen LogP contribution in [0.5, 0.6) is 0 Å². The molecule has 1 unspecified atom stereocenters. The molecule has 0 radical (unpaired) electrons. The van der Waals surface area contributed by atoms with Crippen LogP contribution in [-0.4, -0.2) is 63.9 Å². The molecule has 8 nitrogen and oxygen atoms in total. The Kier molecular flexibility index (Phi) is 4.36. The van der Waals surface area contributed by atoms with Crippen molar-refractivity contribution in [1.82, 2.24) is 9.80 Å². The third-order valence-corrected chi connectivity index (χ3v) is 6.16. The molecule has 4 rings (SSSR count). The van der Waals surface area contributed by atoms with E-state index in [0.29, 0.717) is 43.5 Å². The van der Waals surface area contributed by atoms with Crippen molar-refractivity contribution in [3.05, 3.63) is 29.8 Å². The number of anilines is 1. The summed E-state index contributed by atoms with van der Waals surface area (Å²) in [5.74, 6) is -2.09. The van der Waals surface area contributed by atoms with Crippen LogP contribution in [0, 0.1) is 5.92 Å². The van der Waals surface area contributed by atoms with Crippen molar-refractivity contribution in [2.75, 3.05) is 24.5 Å². The highest BCUT2D eigenvalue weighted by atomic mass is 16.4. The van der Waals surface area contributed by atoms with Crippen LogP contribution in [0.2, 0.25) is 0 Å². The number of carbonyl (C=O) groups excluding carboxylic acids is 3. The van der Waals surface area contributed by atoms with Crippen molar-refractivity contribution < 1.29 is 24.3 Å². The van der Waals surface area contributed by atoms with E-state index in [2.05, 4.69) is 0 Å². The summed E-state index contributed by atoms with van der Waals surface area (Å²) in [6.07, 6.45) is 1.95. The van der Waals surface area contributed by atoms with Crippen molar-refractivity contribution in [3.63, 3.8) is 0 Å². The van der Waals surface area contributed by atoms with E-state index in [0.717, 1.165) is 0 Å². The minimum absolute atomic E-state index is 0.0659. The van der Waals surface area contributed by atoms with Gasteiger partial charge in [-0.15, -0.1) is 0 Å². The highest BCUT2D eigenvalue weighted by Crippen LogP contribution is 2.43. The molecule has 148 valence electrons. The molecule has 0 spiro atoms. The number of rotatable bonds is 3. The molecular formula is C20H23N3O5. The molecule has 3 aliphatic rings. The smallest absolute Gasteiger partial charge is 0.308 e. The molecule has 2 atom stereocenters. The van der Waals surface area contributed by atoms with Crippen LogP contribution >= 0.6 is 0 Å². The zero-order chi connectivity index (χ0) is 20.1. The van der Waals surface area contributed by atoms with Gasteiger partial charge in [0.05, 0.1) is 17.2 Å². The lowest BCUT2D eigenvalue weighted by molar-refractivity contribution is -0.146. The van der Waals surface area contributed by atoms with E-state index in [-0.39, 0.29) is 30.8 Å². The number of carbonyl (C=O) groups is 4. The molecule has 0 bridgehead atoms. The van der Waals surface area contributed by atoms with Gasteiger partial charge in [-0.3, -0.25) is 24.1 Å². The number of para-hydroxylation sites is 1. The van der Waals surface area contributed by atoms with Crippen LogP contribution in [0.25, 0.3) is 0 Å². The van der Waals surface area contributed by atoms with E-state index in [1.807, 2.05) is 6.92 Å². The van der Waals surface area contributed by atoms with Gasteiger partial charge in [0.1, 0.15) is 12.2 Å². The average molecular weight is 385 g/mol. The molecule has 2 fully saturated rings. The lowest BCUT2D eigenvalue weighted by Gasteiger charge is -2.48. The molecule has 0 aromatic heterocycles. The summed E-state index contributed by atoms with van der Waals surface area (Å²) >= 11 is 0. The second kappa shape index (κ2) is 6.61. The number of aliphatic carboxylic acids is 1. The normalized spacial score (nSPS) is 26.9. The number of fused-ring (bicyclic) bond motifs is 3. The first kappa shape index (κ1) is 18.5. The van der Waals surface area contributed by atoms with Crippen LogP contribution in [-0.2, 0) is 14.4 Å². The predicted octanol–water partition coefficient (Wildman–Crippen LogP) is 1.31. The number of carboxylic acid groups (broad SMARTS) is 1. The topological polar surface area (TPSA) is 98.2 Å². The fourth-order valence-electron chi connectivity index (χ4n) is 4.58. The molecule has 8 heteroatoms. The number of benzene rings is 1. The number of piperidine rings is 1. The van der Waals surface area contributed by atoms with Crippen LogP contribution < -0.4 is 4.90 Å². The second-order valence-corrected chi connectivity index (χ2v) is 7.87. The predicted molar refractivity (Wildman–Crippen MR) is 99.5 cm³/mol. The summed E-state index contributed by atoms with van der Waals surface area (Å²) in [5, 5.41) is 9.26. The summed E-state index contributed by atoms with van der Waals surface area (Å²) in [6, 6.07) is 6.96. The van der Waals surface area contributed by atoms with Crippen molar-refractivity contribution in [2.45, 2.75) is 38.3 Å². The molecule has 3 amide bonds. The first-order chi connectivity index (χ1) is 13.3. The monoisotopic (exact) mass is 385 g/mol. The van der Waals surface area contributed by atoms with Crippen molar-refractivity contribution in [3.8, 4) is 0 Å². The fraction of sp³-hybridized carbons (Fsp3) is 0.500. The molecular weight excluding hydrogens is 362 g/mol. The Morgan fingerprint density at radius 3 is 2.75 bits per heavy atom. The lowest BCUT2D eigenvalue weighted by atomic mass is 9.97. The molecule has 2 saturated heterocycles. The maximum Gasteiger partial charge on any atom is 0.308 e. The molecule has 3 heterocycles. The SMILES string of the molecule is CC12CCC(=O)N1c1ccccc1C(=O)N2CC(=O)N1CCC[C@H](C(=O)O)C1. The Hall–Kier alpha value is -2.90. The lowest BCUT2D eigenvalue weighted by Crippen LogP contribution is -2.64. The molecule has 1 N–H and O–H groups in total. The minimum atomic E-state index is -0.903. The van der Waals surface area contributed by atoms with E-state index < -0.39 is 17.6 Å². The Balaban J connectivity index is 1.62. The second-order valence-electron chi connectivity index (χ2n) is 7.87. The van der Waals surface area contributed by atoms with Gasteiger partial charge in [-0.25, -0.2) is 0 Å². The number of likely N-dealkylation sites (tertiary alicyclic amines) is 1. The maximum absolute atomic E-state index is 13.2. The van der Waals surface area contributed by atoms with Gasteiger partial charge in [-0.05, 0) is 38.3 Å². The van der Waals surface area contributed by atoms with E-state index >= 15 is 0 Å². The Morgan fingerprint density at radius 1 is 1.25 bits per heavy atom. The van der Waals surface area contributed by atoms with Gasteiger partial charge in [0.25, 0.3) is 5.91 Å². The Labute approximate surface area is 162 Å².